The number of halogens is 1. The molecule has 0 radical (unpaired) electrons. The lowest BCUT2D eigenvalue weighted by Gasteiger charge is -2.28. The third-order valence-corrected chi connectivity index (χ3v) is 3.49. The van der Waals surface area contributed by atoms with Gasteiger partial charge in [-0.3, -0.25) is 4.79 Å². The molecular formula is C13H16FNO2. The number of hydrogen-bond donors (Lipinski definition) is 2. The van der Waals surface area contributed by atoms with E-state index in [0.717, 1.165) is 13.0 Å². The SMILES string of the molecule is O=C(O)C1(c2ccc(F)cc2)CCCNCC1. The number of carbonyl (C=O) groups is 1. The molecule has 0 spiro atoms. The maximum absolute atomic E-state index is 12.9. The molecule has 0 bridgehead atoms. The van der Waals surface area contributed by atoms with Crippen LogP contribution in [0.15, 0.2) is 24.3 Å². The van der Waals surface area contributed by atoms with E-state index in [2.05, 4.69) is 5.32 Å². The molecule has 1 atom stereocenters. The lowest BCUT2D eigenvalue weighted by Crippen LogP contribution is -2.36. The lowest BCUT2D eigenvalue weighted by atomic mass is 9.74. The number of carboxylic acids is 1. The van der Waals surface area contributed by atoms with E-state index < -0.39 is 11.4 Å². The van der Waals surface area contributed by atoms with Gasteiger partial charge in [0.25, 0.3) is 0 Å². The van der Waals surface area contributed by atoms with Crippen LogP contribution >= 0.6 is 0 Å². The first-order chi connectivity index (χ1) is 8.15. The summed E-state index contributed by atoms with van der Waals surface area (Å²) in [6.45, 7) is 1.53. The molecule has 1 aliphatic rings. The second-order valence-electron chi connectivity index (χ2n) is 4.50. The van der Waals surface area contributed by atoms with Crippen molar-refractivity contribution in [1.82, 2.24) is 5.32 Å². The predicted octanol–water partition coefficient (Wildman–Crippen LogP) is 1.92. The second-order valence-corrected chi connectivity index (χ2v) is 4.50. The highest BCUT2D eigenvalue weighted by molar-refractivity contribution is 5.81. The molecule has 3 nitrogen and oxygen atoms in total. The van der Waals surface area contributed by atoms with Gasteiger partial charge >= 0.3 is 5.97 Å². The Morgan fingerprint density at radius 2 is 1.94 bits per heavy atom. The van der Waals surface area contributed by atoms with Crippen LogP contribution in [0.1, 0.15) is 24.8 Å². The van der Waals surface area contributed by atoms with Crippen LogP contribution in [-0.4, -0.2) is 24.2 Å². The molecule has 0 aromatic heterocycles. The van der Waals surface area contributed by atoms with Crippen molar-refractivity contribution in [1.29, 1.82) is 0 Å². The van der Waals surface area contributed by atoms with E-state index in [4.69, 9.17) is 0 Å². The Morgan fingerprint density at radius 1 is 1.24 bits per heavy atom. The van der Waals surface area contributed by atoms with Crippen molar-refractivity contribution < 1.29 is 14.3 Å². The topological polar surface area (TPSA) is 49.3 Å². The molecule has 1 unspecified atom stereocenters. The molecule has 1 aliphatic heterocycles. The summed E-state index contributed by atoms with van der Waals surface area (Å²) in [5.74, 6) is -1.14. The summed E-state index contributed by atoms with van der Waals surface area (Å²) in [6.07, 6.45) is 1.97. The molecule has 1 saturated heterocycles. The van der Waals surface area contributed by atoms with E-state index in [-0.39, 0.29) is 5.82 Å². The number of nitrogens with one attached hydrogen (secondary N) is 1. The Hall–Kier alpha value is -1.42. The summed E-state index contributed by atoms with van der Waals surface area (Å²) in [7, 11) is 0. The molecule has 0 aliphatic carbocycles. The van der Waals surface area contributed by atoms with Gasteiger partial charge in [0.2, 0.25) is 0 Å². The molecule has 0 amide bonds. The molecule has 4 heteroatoms. The summed E-state index contributed by atoms with van der Waals surface area (Å²) in [4.78, 5) is 11.6. The first-order valence-corrected chi connectivity index (χ1v) is 5.85. The third-order valence-electron chi connectivity index (χ3n) is 3.49. The van der Waals surface area contributed by atoms with Crippen molar-refractivity contribution >= 4 is 5.97 Å². The first-order valence-electron chi connectivity index (χ1n) is 5.85. The zero-order chi connectivity index (χ0) is 12.3. The van der Waals surface area contributed by atoms with Crippen molar-refractivity contribution in [3.8, 4) is 0 Å². The zero-order valence-corrected chi connectivity index (χ0v) is 9.58. The van der Waals surface area contributed by atoms with Crippen LogP contribution in [-0.2, 0) is 10.2 Å². The number of aliphatic carboxylic acids is 1. The van der Waals surface area contributed by atoms with Gasteiger partial charge in [0.05, 0.1) is 5.41 Å². The van der Waals surface area contributed by atoms with Crippen LogP contribution in [0.3, 0.4) is 0 Å². The van der Waals surface area contributed by atoms with Gasteiger partial charge in [0.15, 0.2) is 0 Å². The summed E-state index contributed by atoms with van der Waals surface area (Å²) in [6, 6.07) is 5.85. The molecule has 2 N–H and O–H groups in total. The van der Waals surface area contributed by atoms with Crippen LogP contribution in [0.4, 0.5) is 4.39 Å². The van der Waals surface area contributed by atoms with Gasteiger partial charge in [0.1, 0.15) is 5.82 Å². The average molecular weight is 237 g/mol. The highest BCUT2D eigenvalue weighted by Gasteiger charge is 2.40. The number of rotatable bonds is 2. The van der Waals surface area contributed by atoms with E-state index >= 15 is 0 Å². The summed E-state index contributed by atoms with van der Waals surface area (Å²) in [5.41, 5.74) is -0.160. The van der Waals surface area contributed by atoms with Gasteiger partial charge in [-0.1, -0.05) is 12.1 Å². The highest BCUT2D eigenvalue weighted by atomic mass is 19.1. The minimum atomic E-state index is -0.864. The maximum atomic E-state index is 12.9. The Labute approximate surface area is 99.7 Å². The van der Waals surface area contributed by atoms with E-state index in [1.54, 1.807) is 12.1 Å². The van der Waals surface area contributed by atoms with Crippen LogP contribution in [0.2, 0.25) is 0 Å². The van der Waals surface area contributed by atoms with Crippen molar-refractivity contribution in [3.63, 3.8) is 0 Å². The van der Waals surface area contributed by atoms with E-state index in [0.29, 0.717) is 24.9 Å². The van der Waals surface area contributed by atoms with Crippen molar-refractivity contribution in [2.24, 2.45) is 0 Å². The number of benzene rings is 1. The summed E-state index contributed by atoms with van der Waals surface area (Å²) >= 11 is 0. The van der Waals surface area contributed by atoms with Gasteiger partial charge in [-0.15, -0.1) is 0 Å². The number of hydrogen-bond acceptors (Lipinski definition) is 2. The van der Waals surface area contributed by atoms with Crippen molar-refractivity contribution in [2.45, 2.75) is 24.7 Å². The molecule has 92 valence electrons. The second kappa shape index (κ2) is 4.84. The summed E-state index contributed by atoms with van der Waals surface area (Å²) in [5, 5.41) is 12.7. The first kappa shape index (κ1) is 12.0. The Bertz CT molecular complexity index is 394. The fraction of sp³-hybridized carbons (Fsp3) is 0.462. The fourth-order valence-electron chi connectivity index (χ4n) is 2.46. The lowest BCUT2D eigenvalue weighted by molar-refractivity contribution is -0.144. The Kier molecular flexibility index (Phi) is 3.43. The monoisotopic (exact) mass is 237 g/mol. The van der Waals surface area contributed by atoms with Crippen LogP contribution in [0, 0.1) is 5.82 Å². The highest BCUT2D eigenvalue weighted by Crippen LogP contribution is 2.34. The van der Waals surface area contributed by atoms with Gasteiger partial charge in [0, 0.05) is 0 Å². The van der Waals surface area contributed by atoms with Crippen molar-refractivity contribution in [3.05, 3.63) is 35.6 Å². The van der Waals surface area contributed by atoms with Crippen LogP contribution in [0.25, 0.3) is 0 Å². The van der Waals surface area contributed by atoms with Crippen LogP contribution < -0.4 is 5.32 Å². The number of carboxylic acid groups (broad SMARTS) is 1. The van der Waals surface area contributed by atoms with Crippen LogP contribution in [0.5, 0.6) is 0 Å². The Balaban J connectivity index is 2.39. The zero-order valence-electron chi connectivity index (χ0n) is 9.58. The quantitative estimate of drug-likeness (QED) is 0.826. The molecule has 17 heavy (non-hydrogen) atoms. The van der Waals surface area contributed by atoms with E-state index in [1.165, 1.54) is 12.1 Å². The third kappa shape index (κ3) is 2.31. The van der Waals surface area contributed by atoms with Crippen molar-refractivity contribution in [2.75, 3.05) is 13.1 Å². The van der Waals surface area contributed by atoms with E-state index in [1.807, 2.05) is 0 Å². The Morgan fingerprint density at radius 3 is 2.59 bits per heavy atom. The molecule has 1 aromatic carbocycles. The fourth-order valence-corrected chi connectivity index (χ4v) is 2.46. The summed E-state index contributed by atoms with van der Waals surface area (Å²) < 4.78 is 12.9. The average Bonchev–Trinajstić information content (AvgIpc) is 2.56. The van der Waals surface area contributed by atoms with Gasteiger partial charge in [-0.2, -0.15) is 0 Å². The molecule has 2 rings (SSSR count). The maximum Gasteiger partial charge on any atom is 0.314 e. The molecular weight excluding hydrogens is 221 g/mol. The van der Waals surface area contributed by atoms with Gasteiger partial charge in [-0.05, 0) is 50.0 Å². The van der Waals surface area contributed by atoms with Gasteiger partial charge in [-0.25, -0.2) is 4.39 Å². The normalized spacial score (nSPS) is 25.2. The standard InChI is InChI=1S/C13H16FNO2/c14-11-4-2-10(3-5-11)13(12(16)17)6-1-8-15-9-7-13/h2-5,15H,1,6-9H2,(H,16,17). The largest absolute Gasteiger partial charge is 0.481 e. The minimum absolute atomic E-state index is 0.332. The molecule has 1 fully saturated rings. The smallest absolute Gasteiger partial charge is 0.314 e. The molecule has 1 heterocycles. The van der Waals surface area contributed by atoms with Gasteiger partial charge < -0.3 is 10.4 Å². The van der Waals surface area contributed by atoms with E-state index in [9.17, 15) is 14.3 Å². The molecule has 0 saturated carbocycles. The molecule has 1 aromatic rings. The predicted molar refractivity (Wildman–Crippen MR) is 62.4 cm³/mol. The minimum Gasteiger partial charge on any atom is -0.481 e.